The van der Waals surface area contributed by atoms with E-state index in [1.54, 1.807) is 0 Å². The molecule has 5 heterocycles. The molecule has 2 aliphatic heterocycles. The smallest absolute Gasteiger partial charge is 0.0659 e. The molecule has 0 aliphatic carbocycles. The van der Waals surface area contributed by atoms with Gasteiger partial charge in [0, 0.05) is 22.1 Å². The van der Waals surface area contributed by atoms with E-state index in [1.807, 2.05) is 18.2 Å². The van der Waals surface area contributed by atoms with Crippen molar-refractivity contribution >= 4 is 46.4 Å². The van der Waals surface area contributed by atoms with Crippen molar-refractivity contribution in [1.82, 2.24) is 19.9 Å². The predicted octanol–water partition coefficient (Wildman–Crippen LogP) is 9.51. The normalized spacial score (nSPS) is 12.5. The number of aryl methyl sites for hydroxylation is 1. The van der Waals surface area contributed by atoms with Crippen LogP contribution in [0.3, 0.4) is 0 Å². The molecule has 8 bridgehead atoms. The summed E-state index contributed by atoms with van der Waals surface area (Å²) in [6, 6.07) is 15.0. The number of aromatic amines is 2. The van der Waals surface area contributed by atoms with Gasteiger partial charge in [-0.1, -0.05) is 71.1 Å². The van der Waals surface area contributed by atoms with Crippen molar-refractivity contribution in [2.24, 2.45) is 0 Å². The molecule has 0 radical (unpaired) electrons. The van der Waals surface area contributed by atoms with E-state index in [9.17, 15) is 0 Å². The van der Waals surface area contributed by atoms with Gasteiger partial charge in [0.2, 0.25) is 0 Å². The lowest BCUT2D eigenvalue weighted by Gasteiger charge is -2.02. The number of fused-ring (bicyclic) bond motifs is 8. The molecule has 0 saturated carbocycles. The molecule has 4 heteroatoms. The SMILES string of the molecule is CCCCCCCCCCCCCc1cc2cc3ccc(cc4nc(cc5nc(cc1[nH]2)C=C5)C=C4)[nH]3. The molecular formula is C33H40N4. The standard InChI is InChI=1S/C33H40N4/c1-2-3-4-5-6-7-8-9-10-11-12-13-25-20-32-23-30-17-16-28(35-30)21-26-14-15-27(34-26)22-29-18-19-31(36-29)24-33(25)37-32/h14-24,35,37H,2-13H2,1H3. The monoisotopic (exact) mass is 492 g/mol. The van der Waals surface area contributed by atoms with Gasteiger partial charge >= 0.3 is 0 Å². The van der Waals surface area contributed by atoms with Crippen LogP contribution in [0.1, 0.15) is 106 Å². The second-order valence-electron chi connectivity index (χ2n) is 10.5. The lowest BCUT2D eigenvalue weighted by Crippen LogP contribution is -1.86. The largest absolute Gasteiger partial charge is 0.355 e. The molecule has 0 atom stereocenters. The van der Waals surface area contributed by atoms with Gasteiger partial charge in [-0.05, 0) is 85.2 Å². The average Bonchev–Trinajstić information content (AvgIpc) is 3.68. The molecule has 2 N–H and O–H groups in total. The second kappa shape index (κ2) is 12.7. The van der Waals surface area contributed by atoms with Crippen LogP contribution in [0, 0.1) is 0 Å². The van der Waals surface area contributed by atoms with E-state index < -0.39 is 0 Å². The van der Waals surface area contributed by atoms with Crippen LogP contribution in [-0.2, 0) is 6.42 Å². The van der Waals surface area contributed by atoms with Gasteiger partial charge in [-0.3, -0.25) is 0 Å². The molecule has 192 valence electrons. The zero-order chi connectivity index (χ0) is 25.3. The van der Waals surface area contributed by atoms with E-state index in [4.69, 9.17) is 9.97 Å². The van der Waals surface area contributed by atoms with E-state index in [1.165, 1.54) is 81.7 Å². The van der Waals surface area contributed by atoms with Gasteiger partial charge in [-0.25, -0.2) is 9.97 Å². The van der Waals surface area contributed by atoms with Crippen molar-refractivity contribution in [3.05, 3.63) is 70.8 Å². The summed E-state index contributed by atoms with van der Waals surface area (Å²) in [4.78, 5) is 16.7. The summed E-state index contributed by atoms with van der Waals surface area (Å²) in [7, 11) is 0. The maximum absolute atomic E-state index is 4.82. The summed E-state index contributed by atoms with van der Waals surface area (Å²) in [5, 5.41) is 0. The summed E-state index contributed by atoms with van der Waals surface area (Å²) >= 11 is 0. The van der Waals surface area contributed by atoms with Crippen molar-refractivity contribution < 1.29 is 0 Å². The Morgan fingerprint density at radius 3 is 1.70 bits per heavy atom. The van der Waals surface area contributed by atoms with Gasteiger partial charge in [-0.2, -0.15) is 0 Å². The zero-order valence-corrected chi connectivity index (χ0v) is 22.2. The van der Waals surface area contributed by atoms with E-state index >= 15 is 0 Å². The van der Waals surface area contributed by atoms with Crippen LogP contribution in [-0.4, -0.2) is 19.9 Å². The van der Waals surface area contributed by atoms with Crippen LogP contribution in [0.4, 0.5) is 0 Å². The van der Waals surface area contributed by atoms with Crippen LogP contribution in [0.2, 0.25) is 0 Å². The maximum Gasteiger partial charge on any atom is 0.0659 e. The van der Waals surface area contributed by atoms with E-state index in [-0.39, 0.29) is 0 Å². The highest BCUT2D eigenvalue weighted by molar-refractivity contribution is 5.78. The summed E-state index contributed by atoms with van der Waals surface area (Å²) in [6.45, 7) is 2.29. The molecule has 3 aromatic heterocycles. The highest BCUT2D eigenvalue weighted by Crippen LogP contribution is 2.21. The summed E-state index contributed by atoms with van der Waals surface area (Å²) in [5.41, 5.74) is 9.60. The van der Waals surface area contributed by atoms with Gasteiger partial charge < -0.3 is 9.97 Å². The summed E-state index contributed by atoms with van der Waals surface area (Å²) in [5.74, 6) is 0. The first-order chi connectivity index (χ1) is 18.2. The first-order valence-corrected chi connectivity index (χ1v) is 14.3. The topological polar surface area (TPSA) is 57.4 Å². The van der Waals surface area contributed by atoms with Crippen molar-refractivity contribution in [3.63, 3.8) is 0 Å². The number of hydrogen-bond donors (Lipinski definition) is 2. The fourth-order valence-electron chi connectivity index (χ4n) is 5.26. The highest BCUT2D eigenvalue weighted by atomic mass is 14.8. The Hall–Kier alpha value is -3.40. The quantitative estimate of drug-likeness (QED) is 0.170. The van der Waals surface area contributed by atoms with Gasteiger partial charge in [-0.15, -0.1) is 0 Å². The van der Waals surface area contributed by atoms with Gasteiger partial charge in [0.05, 0.1) is 22.8 Å². The van der Waals surface area contributed by atoms with Crippen molar-refractivity contribution in [3.8, 4) is 0 Å². The number of aromatic nitrogens is 4. The Morgan fingerprint density at radius 2 is 1.05 bits per heavy atom. The number of hydrogen-bond acceptors (Lipinski definition) is 2. The molecular weight excluding hydrogens is 452 g/mol. The first kappa shape index (κ1) is 25.3. The Labute approximate surface area is 221 Å². The van der Waals surface area contributed by atoms with Crippen LogP contribution in [0.25, 0.3) is 46.4 Å². The number of rotatable bonds is 12. The van der Waals surface area contributed by atoms with E-state index in [2.05, 4.69) is 65.4 Å². The highest BCUT2D eigenvalue weighted by Gasteiger charge is 2.05. The molecule has 0 spiro atoms. The minimum atomic E-state index is 0.931. The van der Waals surface area contributed by atoms with Crippen LogP contribution < -0.4 is 0 Å². The molecule has 0 unspecified atom stereocenters. The zero-order valence-electron chi connectivity index (χ0n) is 22.2. The van der Waals surface area contributed by atoms with Crippen molar-refractivity contribution in [1.29, 1.82) is 0 Å². The molecule has 0 amide bonds. The van der Waals surface area contributed by atoms with Gasteiger partial charge in [0.15, 0.2) is 0 Å². The summed E-state index contributed by atoms with van der Waals surface area (Å²) < 4.78 is 0. The lowest BCUT2D eigenvalue weighted by molar-refractivity contribution is 0.550. The third-order valence-electron chi connectivity index (χ3n) is 7.30. The Balaban J connectivity index is 1.30. The second-order valence-corrected chi connectivity index (χ2v) is 10.5. The van der Waals surface area contributed by atoms with Crippen LogP contribution >= 0.6 is 0 Å². The minimum Gasteiger partial charge on any atom is -0.355 e. The molecule has 0 aromatic carbocycles. The Morgan fingerprint density at radius 1 is 0.514 bits per heavy atom. The van der Waals surface area contributed by atoms with E-state index in [0.29, 0.717) is 0 Å². The van der Waals surface area contributed by atoms with Crippen LogP contribution in [0.15, 0.2) is 42.5 Å². The third kappa shape index (κ3) is 7.31. The maximum atomic E-state index is 4.82. The number of unbranched alkanes of at least 4 members (excludes halogenated alkanes) is 10. The number of H-pyrrole nitrogens is 2. The van der Waals surface area contributed by atoms with Crippen LogP contribution in [0.5, 0.6) is 0 Å². The number of nitrogens with zero attached hydrogens (tertiary/aromatic N) is 2. The number of nitrogens with one attached hydrogen (secondary N) is 2. The molecule has 37 heavy (non-hydrogen) atoms. The molecule has 5 rings (SSSR count). The predicted molar refractivity (Wildman–Crippen MR) is 159 cm³/mol. The third-order valence-corrected chi connectivity index (χ3v) is 7.30. The molecule has 2 aliphatic rings. The molecule has 3 aromatic rings. The molecule has 0 saturated heterocycles. The van der Waals surface area contributed by atoms with E-state index in [0.717, 1.165) is 45.7 Å². The Kier molecular flexibility index (Phi) is 8.68. The van der Waals surface area contributed by atoms with Crippen molar-refractivity contribution in [2.75, 3.05) is 0 Å². The Bertz CT molecular complexity index is 1400. The molecule has 0 fully saturated rings. The lowest BCUT2D eigenvalue weighted by atomic mass is 10.0. The minimum absolute atomic E-state index is 0.931. The fraction of sp³-hybridized carbons (Fsp3) is 0.394. The van der Waals surface area contributed by atoms with Crippen molar-refractivity contribution in [2.45, 2.75) is 84.0 Å². The van der Waals surface area contributed by atoms with Gasteiger partial charge in [0.25, 0.3) is 0 Å². The average molecular weight is 493 g/mol. The van der Waals surface area contributed by atoms with Gasteiger partial charge in [0.1, 0.15) is 0 Å². The molecule has 4 nitrogen and oxygen atoms in total. The fourth-order valence-corrected chi connectivity index (χ4v) is 5.26. The summed E-state index contributed by atoms with van der Waals surface area (Å²) in [6.07, 6.45) is 24.4. The first-order valence-electron chi connectivity index (χ1n) is 14.3.